The molecule has 0 atom stereocenters. The molecule has 3 rings (SSSR count). The molecule has 2 aromatic carbocycles. The summed E-state index contributed by atoms with van der Waals surface area (Å²) < 4.78 is 39.4. The monoisotopic (exact) mass is 391 g/mol. The van der Waals surface area contributed by atoms with Crippen LogP contribution in [0.25, 0.3) is 0 Å². The van der Waals surface area contributed by atoms with Gasteiger partial charge >= 0.3 is 6.18 Å². The molecule has 2 N–H and O–H groups in total. The summed E-state index contributed by atoms with van der Waals surface area (Å²) in [5.74, 6) is -0.115. The molecule has 8 heteroatoms. The number of pyridine rings is 1. The van der Waals surface area contributed by atoms with Crippen molar-refractivity contribution in [1.29, 1.82) is 0 Å². The Morgan fingerprint density at radius 3 is 2.37 bits per heavy atom. The lowest BCUT2D eigenvalue weighted by molar-refractivity contribution is -0.136. The van der Waals surface area contributed by atoms with Crippen molar-refractivity contribution in [3.05, 3.63) is 83.0 Å². The zero-order valence-corrected chi connectivity index (χ0v) is 14.5. The summed E-state index contributed by atoms with van der Waals surface area (Å²) in [6, 6.07) is 15.0. The first-order chi connectivity index (χ1) is 12.8. The standard InChI is InChI=1S/C19H13ClF3N3O/c20-13-6-8-16(15(10-13)19(21,22)23)26-17-9-7-14(11-24-17)25-18(27)12-4-2-1-3-5-12/h1-11H,(H,24,26)(H,25,27). The number of aromatic nitrogens is 1. The van der Waals surface area contributed by atoms with E-state index in [0.29, 0.717) is 11.3 Å². The maximum absolute atomic E-state index is 13.1. The summed E-state index contributed by atoms with van der Waals surface area (Å²) in [5.41, 5.74) is -0.157. The SMILES string of the molecule is O=C(Nc1ccc(Nc2ccc(Cl)cc2C(F)(F)F)nc1)c1ccccc1. The summed E-state index contributed by atoms with van der Waals surface area (Å²) in [7, 11) is 0. The highest BCUT2D eigenvalue weighted by Gasteiger charge is 2.33. The number of hydrogen-bond donors (Lipinski definition) is 2. The summed E-state index contributed by atoms with van der Waals surface area (Å²) in [5, 5.41) is 5.27. The highest BCUT2D eigenvalue weighted by molar-refractivity contribution is 6.30. The predicted octanol–water partition coefficient (Wildman–Crippen LogP) is 5.75. The molecule has 0 fully saturated rings. The number of hydrogen-bond acceptors (Lipinski definition) is 3. The van der Waals surface area contributed by atoms with Gasteiger partial charge in [0.15, 0.2) is 0 Å². The smallest absolute Gasteiger partial charge is 0.340 e. The maximum Gasteiger partial charge on any atom is 0.418 e. The van der Waals surface area contributed by atoms with E-state index < -0.39 is 11.7 Å². The fraction of sp³-hybridized carbons (Fsp3) is 0.0526. The van der Waals surface area contributed by atoms with Crippen LogP contribution in [0.2, 0.25) is 5.02 Å². The van der Waals surface area contributed by atoms with E-state index in [2.05, 4.69) is 15.6 Å². The molecule has 0 radical (unpaired) electrons. The molecule has 4 nitrogen and oxygen atoms in total. The molecule has 0 unspecified atom stereocenters. The van der Waals surface area contributed by atoms with Crippen LogP contribution in [-0.2, 0) is 6.18 Å². The molecule has 1 aromatic heterocycles. The first kappa shape index (κ1) is 18.7. The van der Waals surface area contributed by atoms with E-state index >= 15 is 0 Å². The molecule has 0 aliphatic carbocycles. The topological polar surface area (TPSA) is 54.0 Å². The minimum atomic E-state index is -4.56. The van der Waals surface area contributed by atoms with Crippen molar-refractivity contribution in [2.24, 2.45) is 0 Å². The quantitative estimate of drug-likeness (QED) is 0.595. The Kier molecular flexibility index (Phi) is 5.32. The van der Waals surface area contributed by atoms with Gasteiger partial charge in [-0.3, -0.25) is 4.79 Å². The fourth-order valence-corrected chi connectivity index (χ4v) is 2.50. The van der Waals surface area contributed by atoms with Crippen molar-refractivity contribution in [2.45, 2.75) is 6.18 Å². The number of carbonyl (C=O) groups excluding carboxylic acids is 1. The second-order valence-electron chi connectivity index (χ2n) is 5.56. The third-order valence-corrected chi connectivity index (χ3v) is 3.84. The van der Waals surface area contributed by atoms with Gasteiger partial charge in [-0.25, -0.2) is 4.98 Å². The Hall–Kier alpha value is -3.06. The van der Waals surface area contributed by atoms with Gasteiger partial charge in [-0.1, -0.05) is 29.8 Å². The molecule has 0 bridgehead atoms. The van der Waals surface area contributed by atoms with E-state index in [-0.39, 0.29) is 22.4 Å². The van der Waals surface area contributed by atoms with E-state index in [0.717, 1.165) is 6.07 Å². The van der Waals surface area contributed by atoms with Crippen LogP contribution in [0.3, 0.4) is 0 Å². The van der Waals surface area contributed by atoms with Crippen molar-refractivity contribution < 1.29 is 18.0 Å². The summed E-state index contributed by atoms with van der Waals surface area (Å²) >= 11 is 5.66. The Morgan fingerprint density at radius 1 is 1.00 bits per heavy atom. The van der Waals surface area contributed by atoms with Crippen LogP contribution in [0, 0.1) is 0 Å². The van der Waals surface area contributed by atoms with Gasteiger partial charge in [0.2, 0.25) is 0 Å². The molecule has 1 amide bonds. The van der Waals surface area contributed by atoms with Gasteiger partial charge in [-0.15, -0.1) is 0 Å². The van der Waals surface area contributed by atoms with Crippen LogP contribution >= 0.6 is 11.6 Å². The van der Waals surface area contributed by atoms with E-state index in [1.807, 2.05) is 0 Å². The van der Waals surface area contributed by atoms with Crippen LogP contribution in [-0.4, -0.2) is 10.9 Å². The summed E-state index contributed by atoms with van der Waals surface area (Å²) in [6.45, 7) is 0. The third-order valence-electron chi connectivity index (χ3n) is 3.61. The molecule has 138 valence electrons. The summed E-state index contributed by atoms with van der Waals surface area (Å²) in [4.78, 5) is 16.1. The number of alkyl halides is 3. The average molecular weight is 392 g/mol. The van der Waals surface area contributed by atoms with Crippen molar-refractivity contribution in [1.82, 2.24) is 4.98 Å². The lowest BCUT2D eigenvalue weighted by Gasteiger charge is -2.14. The van der Waals surface area contributed by atoms with Crippen LogP contribution < -0.4 is 10.6 Å². The summed E-state index contributed by atoms with van der Waals surface area (Å²) in [6.07, 6.45) is -3.21. The van der Waals surface area contributed by atoms with Gasteiger partial charge in [-0.05, 0) is 42.5 Å². The number of rotatable bonds is 4. The third kappa shape index (κ3) is 4.77. The number of nitrogens with zero attached hydrogens (tertiary/aromatic N) is 1. The molecule has 1 heterocycles. The minimum Gasteiger partial charge on any atom is -0.340 e. The molecule has 0 spiro atoms. The maximum atomic E-state index is 13.1. The van der Waals surface area contributed by atoms with Gasteiger partial charge in [0, 0.05) is 10.6 Å². The zero-order valence-electron chi connectivity index (χ0n) is 13.7. The van der Waals surface area contributed by atoms with E-state index in [9.17, 15) is 18.0 Å². The van der Waals surface area contributed by atoms with Gasteiger partial charge < -0.3 is 10.6 Å². The Bertz CT molecular complexity index is 945. The molecule has 0 saturated heterocycles. The Balaban J connectivity index is 1.74. The molecular formula is C19H13ClF3N3O. The molecule has 0 saturated carbocycles. The molecule has 3 aromatic rings. The number of carbonyl (C=O) groups is 1. The van der Waals surface area contributed by atoms with Crippen LogP contribution in [0.4, 0.5) is 30.4 Å². The van der Waals surface area contributed by atoms with Crippen molar-refractivity contribution in [3.63, 3.8) is 0 Å². The number of amides is 1. The number of halogens is 4. The second-order valence-corrected chi connectivity index (χ2v) is 6.00. The van der Waals surface area contributed by atoms with Crippen molar-refractivity contribution >= 4 is 34.7 Å². The molecule has 0 aliphatic heterocycles. The first-order valence-corrected chi connectivity index (χ1v) is 8.17. The van der Waals surface area contributed by atoms with Crippen molar-refractivity contribution in [3.8, 4) is 0 Å². The lowest BCUT2D eigenvalue weighted by atomic mass is 10.1. The van der Waals surface area contributed by atoms with Crippen LogP contribution in [0.1, 0.15) is 15.9 Å². The normalized spacial score (nSPS) is 11.1. The molecule has 0 aliphatic rings. The second kappa shape index (κ2) is 7.67. The molecule has 27 heavy (non-hydrogen) atoms. The fourth-order valence-electron chi connectivity index (χ4n) is 2.33. The zero-order chi connectivity index (χ0) is 19.4. The van der Waals surface area contributed by atoms with Crippen LogP contribution in [0.5, 0.6) is 0 Å². The average Bonchev–Trinajstić information content (AvgIpc) is 2.64. The van der Waals surface area contributed by atoms with E-state index in [1.165, 1.54) is 24.4 Å². The predicted molar refractivity (Wildman–Crippen MR) is 98.4 cm³/mol. The highest BCUT2D eigenvalue weighted by atomic mass is 35.5. The number of anilines is 3. The largest absolute Gasteiger partial charge is 0.418 e. The first-order valence-electron chi connectivity index (χ1n) is 7.79. The Morgan fingerprint density at radius 2 is 1.74 bits per heavy atom. The van der Waals surface area contributed by atoms with E-state index in [1.54, 1.807) is 36.4 Å². The van der Waals surface area contributed by atoms with Crippen LogP contribution in [0.15, 0.2) is 66.9 Å². The van der Waals surface area contributed by atoms with E-state index in [4.69, 9.17) is 11.6 Å². The van der Waals surface area contributed by atoms with Crippen molar-refractivity contribution in [2.75, 3.05) is 10.6 Å². The highest BCUT2D eigenvalue weighted by Crippen LogP contribution is 2.37. The van der Waals surface area contributed by atoms with Gasteiger partial charge in [0.25, 0.3) is 5.91 Å². The van der Waals surface area contributed by atoms with Gasteiger partial charge in [0.05, 0.1) is 23.1 Å². The van der Waals surface area contributed by atoms with Gasteiger partial charge in [-0.2, -0.15) is 13.2 Å². The number of benzene rings is 2. The molecular weight excluding hydrogens is 379 g/mol. The Labute approximate surface area is 158 Å². The van der Waals surface area contributed by atoms with Gasteiger partial charge in [0.1, 0.15) is 5.82 Å². The minimum absolute atomic E-state index is 0.0141. The number of nitrogens with one attached hydrogen (secondary N) is 2. The lowest BCUT2D eigenvalue weighted by Crippen LogP contribution is -2.12.